The molecule has 0 aliphatic carbocycles. The number of aromatic nitrogens is 2. The summed E-state index contributed by atoms with van der Waals surface area (Å²) in [5.74, 6) is -2.30. The van der Waals surface area contributed by atoms with Gasteiger partial charge in [0.25, 0.3) is 0 Å². The topological polar surface area (TPSA) is 37.8 Å². The first-order valence-corrected chi connectivity index (χ1v) is 5.75. The summed E-state index contributed by atoms with van der Waals surface area (Å²) in [5.41, 5.74) is 0. The summed E-state index contributed by atoms with van der Waals surface area (Å²) in [4.78, 5) is 7.93. The van der Waals surface area contributed by atoms with Crippen molar-refractivity contribution in [3.05, 3.63) is 41.8 Å². The highest BCUT2D eigenvalue weighted by molar-refractivity contribution is 7.99. The fourth-order valence-corrected chi connectivity index (χ4v) is 2.00. The highest BCUT2D eigenvalue weighted by Gasteiger charge is 2.10. The van der Waals surface area contributed by atoms with Crippen LogP contribution in [0.15, 0.2) is 34.3 Å². The van der Waals surface area contributed by atoms with Crippen LogP contribution in [-0.4, -0.2) is 17.0 Å². The van der Waals surface area contributed by atoms with Crippen LogP contribution in [0.5, 0.6) is 0 Å². The predicted octanol–water partition coefficient (Wildman–Crippen LogP) is 3.09. The molecule has 0 fully saturated rings. The molecule has 0 atom stereocenters. The van der Waals surface area contributed by atoms with Crippen molar-refractivity contribution >= 4 is 17.7 Å². The molecule has 0 saturated carbocycles. The van der Waals surface area contributed by atoms with Crippen molar-refractivity contribution in [2.75, 3.05) is 12.4 Å². The first-order valence-electron chi connectivity index (χ1n) is 4.93. The lowest BCUT2D eigenvalue weighted by molar-refractivity contribution is 0.506. The van der Waals surface area contributed by atoms with Crippen LogP contribution in [0.1, 0.15) is 0 Å². The average molecular weight is 271 g/mol. The Hall–Kier alpha value is -1.76. The largest absolute Gasteiger partial charge is 0.357 e. The van der Waals surface area contributed by atoms with Crippen LogP contribution < -0.4 is 5.32 Å². The maximum atomic E-state index is 13.4. The second-order valence-corrected chi connectivity index (χ2v) is 4.34. The van der Waals surface area contributed by atoms with Gasteiger partial charge in [0.1, 0.15) is 5.03 Å². The molecule has 0 amide bonds. The third-order valence-corrected chi connectivity index (χ3v) is 3.01. The summed E-state index contributed by atoms with van der Waals surface area (Å²) in [7, 11) is 1.60. The molecule has 94 valence electrons. The van der Waals surface area contributed by atoms with E-state index in [1.165, 1.54) is 6.07 Å². The van der Waals surface area contributed by atoms with Gasteiger partial charge >= 0.3 is 0 Å². The van der Waals surface area contributed by atoms with Gasteiger partial charge in [0.05, 0.1) is 6.20 Å². The third-order valence-electron chi connectivity index (χ3n) is 2.04. The molecule has 2 aromatic rings. The summed E-state index contributed by atoms with van der Waals surface area (Å²) >= 11 is 0.894. The molecule has 0 bridgehead atoms. The minimum Gasteiger partial charge on any atom is -0.357 e. The Morgan fingerprint density at radius 3 is 2.56 bits per heavy atom. The number of rotatable bonds is 3. The zero-order valence-electron chi connectivity index (χ0n) is 9.25. The molecular weight excluding hydrogens is 263 g/mol. The Bertz CT molecular complexity index is 577. The van der Waals surface area contributed by atoms with Gasteiger partial charge in [-0.2, -0.15) is 0 Å². The fourth-order valence-electron chi connectivity index (χ4n) is 1.20. The monoisotopic (exact) mass is 271 g/mol. The first-order chi connectivity index (χ1) is 8.60. The van der Waals surface area contributed by atoms with Crippen molar-refractivity contribution in [2.45, 2.75) is 9.92 Å². The van der Waals surface area contributed by atoms with Gasteiger partial charge in [-0.15, -0.1) is 0 Å². The molecule has 0 spiro atoms. The molecule has 3 nitrogen and oxygen atoms in total. The van der Waals surface area contributed by atoms with Crippen LogP contribution in [0.2, 0.25) is 0 Å². The zero-order valence-corrected chi connectivity index (χ0v) is 10.1. The van der Waals surface area contributed by atoms with E-state index < -0.39 is 17.5 Å². The number of hydrogen-bond donors (Lipinski definition) is 1. The average Bonchev–Trinajstić information content (AvgIpc) is 2.36. The molecule has 0 radical (unpaired) electrons. The van der Waals surface area contributed by atoms with E-state index in [4.69, 9.17) is 0 Å². The molecule has 2 rings (SSSR count). The van der Waals surface area contributed by atoms with Gasteiger partial charge in [-0.1, -0.05) is 11.8 Å². The Morgan fingerprint density at radius 2 is 1.89 bits per heavy atom. The van der Waals surface area contributed by atoms with Gasteiger partial charge in [-0.05, 0) is 18.2 Å². The van der Waals surface area contributed by atoms with Gasteiger partial charge in [0, 0.05) is 11.9 Å². The van der Waals surface area contributed by atoms with Gasteiger partial charge in [0.2, 0.25) is 5.95 Å². The number of benzene rings is 1. The molecule has 1 aromatic heterocycles. The molecule has 0 aliphatic rings. The molecular formula is C11H8F3N3S. The lowest BCUT2D eigenvalue weighted by Gasteiger charge is -2.04. The summed E-state index contributed by atoms with van der Waals surface area (Å²) in [6, 6.07) is 3.32. The van der Waals surface area contributed by atoms with Crippen molar-refractivity contribution in [1.82, 2.24) is 9.97 Å². The maximum Gasteiger partial charge on any atom is 0.223 e. The van der Waals surface area contributed by atoms with E-state index in [-0.39, 0.29) is 11.0 Å². The van der Waals surface area contributed by atoms with E-state index >= 15 is 0 Å². The molecule has 18 heavy (non-hydrogen) atoms. The van der Waals surface area contributed by atoms with Crippen LogP contribution in [-0.2, 0) is 0 Å². The molecule has 1 aromatic carbocycles. The fraction of sp³-hybridized carbons (Fsp3) is 0.0909. The smallest absolute Gasteiger partial charge is 0.223 e. The minimum atomic E-state index is -0.983. The lowest BCUT2D eigenvalue weighted by atomic mass is 10.3. The molecule has 0 unspecified atom stereocenters. The number of halogens is 3. The Morgan fingerprint density at radius 1 is 1.11 bits per heavy atom. The Kier molecular flexibility index (Phi) is 3.71. The predicted molar refractivity (Wildman–Crippen MR) is 62.0 cm³/mol. The van der Waals surface area contributed by atoms with Crippen LogP contribution in [0.4, 0.5) is 19.1 Å². The van der Waals surface area contributed by atoms with Gasteiger partial charge < -0.3 is 5.32 Å². The maximum absolute atomic E-state index is 13.4. The summed E-state index contributed by atoms with van der Waals surface area (Å²) in [6.45, 7) is 0. The summed E-state index contributed by atoms with van der Waals surface area (Å²) in [5, 5.41) is 2.71. The van der Waals surface area contributed by atoms with E-state index in [0.717, 1.165) is 30.1 Å². The van der Waals surface area contributed by atoms with E-state index in [2.05, 4.69) is 15.3 Å². The second kappa shape index (κ2) is 5.26. The van der Waals surface area contributed by atoms with Gasteiger partial charge in [0.15, 0.2) is 17.5 Å². The van der Waals surface area contributed by atoms with Crippen molar-refractivity contribution in [1.29, 1.82) is 0 Å². The Labute approximate surface area is 105 Å². The quantitative estimate of drug-likeness (QED) is 0.871. The minimum absolute atomic E-state index is 0.0420. The third kappa shape index (κ3) is 2.73. The SMILES string of the molecule is CNc1ncc(F)c(Sc2ccc(F)c(F)c2)n1. The molecule has 0 saturated heterocycles. The van der Waals surface area contributed by atoms with Crippen LogP contribution in [0.3, 0.4) is 0 Å². The number of hydrogen-bond acceptors (Lipinski definition) is 4. The zero-order chi connectivity index (χ0) is 13.1. The first kappa shape index (κ1) is 12.7. The Balaban J connectivity index is 2.30. The van der Waals surface area contributed by atoms with Gasteiger partial charge in [-0.3, -0.25) is 0 Å². The van der Waals surface area contributed by atoms with E-state index in [0.29, 0.717) is 4.90 Å². The van der Waals surface area contributed by atoms with E-state index in [1.54, 1.807) is 7.05 Å². The van der Waals surface area contributed by atoms with E-state index in [1.807, 2.05) is 0 Å². The van der Waals surface area contributed by atoms with Crippen LogP contribution in [0, 0.1) is 17.5 Å². The van der Waals surface area contributed by atoms with Crippen molar-refractivity contribution in [2.24, 2.45) is 0 Å². The van der Waals surface area contributed by atoms with Crippen molar-refractivity contribution in [3.8, 4) is 0 Å². The van der Waals surface area contributed by atoms with E-state index in [9.17, 15) is 13.2 Å². The molecule has 1 N–H and O–H groups in total. The summed E-state index contributed by atoms with van der Waals surface area (Å²) < 4.78 is 39.2. The summed E-state index contributed by atoms with van der Waals surface area (Å²) in [6.07, 6.45) is 1.01. The van der Waals surface area contributed by atoms with Gasteiger partial charge in [-0.25, -0.2) is 23.1 Å². The van der Waals surface area contributed by atoms with Crippen LogP contribution in [0.25, 0.3) is 0 Å². The normalized spacial score (nSPS) is 10.4. The number of nitrogens with one attached hydrogen (secondary N) is 1. The molecule has 0 aliphatic heterocycles. The molecule has 1 heterocycles. The molecule has 7 heteroatoms. The van der Waals surface area contributed by atoms with Crippen molar-refractivity contribution < 1.29 is 13.2 Å². The van der Waals surface area contributed by atoms with Crippen molar-refractivity contribution in [3.63, 3.8) is 0 Å². The lowest BCUT2D eigenvalue weighted by Crippen LogP contribution is -1.98. The highest BCUT2D eigenvalue weighted by Crippen LogP contribution is 2.29. The number of anilines is 1. The highest BCUT2D eigenvalue weighted by atomic mass is 32.2. The second-order valence-electron chi connectivity index (χ2n) is 3.27. The number of nitrogens with zero attached hydrogens (tertiary/aromatic N) is 2. The standard InChI is InChI=1S/C11H8F3N3S/c1-15-11-16-5-9(14)10(17-11)18-6-2-3-7(12)8(13)4-6/h2-5H,1H3,(H,15,16,17). The van der Waals surface area contributed by atoms with Crippen LogP contribution >= 0.6 is 11.8 Å².